The van der Waals surface area contributed by atoms with Gasteiger partial charge in [-0.1, -0.05) is 133 Å². The van der Waals surface area contributed by atoms with Crippen LogP contribution in [0.3, 0.4) is 0 Å². The van der Waals surface area contributed by atoms with E-state index >= 15 is 0 Å². The number of para-hydroxylation sites is 4. The summed E-state index contributed by atoms with van der Waals surface area (Å²) < 4.78 is 5.45. The number of aryl methyl sites for hydroxylation is 1. The Morgan fingerprint density at radius 3 is 1.18 bits per heavy atom. The second-order valence-electron chi connectivity index (χ2n) is 10.6. The molecule has 0 saturated heterocycles. The minimum absolute atomic E-state index is 1.27. The van der Waals surface area contributed by atoms with Crippen molar-refractivity contribution in [3.8, 4) is 0 Å². The molecule has 8 aromatic rings. The van der Waals surface area contributed by atoms with Crippen LogP contribution in [0.25, 0.3) is 43.6 Å². The molecule has 0 aliphatic rings. The molecule has 2 aromatic heterocycles. The minimum Gasteiger partial charge on any atom is -0.342 e. The van der Waals surface area contributed by atoms with Gasteiger partial charge in [0.15, 0.2) is 0 Å². The predicted octanol–water partition coefficient (Wildman–Crippen LogP) is 7.86. The van der Waals surface area contributed by atoms with Crippen LogP contribution in [0, 0.1) is 6.92 Å². The van der Waals surface area contributed by atoms with Crippen LogP contribution in [0.15, 0.2) is 152 Å². The first kappa shape index (κ1) is 23.1. The van der Waals surface area contributed by atoms with Gasteiger partial charge in [0.2, 0.25) is 0 Å². The van der Waals surface area contributed by atoms with Gasteiger partial charge < -0.3 is 8.47 Å². The zero-order chi connectivity index (χ0) is 26.7. The summed E-state index contributed by atoms with van der Waals surface area (Å²) >= 11 is 0. The van der Waals surface area contributed by atoms with Crippen molar-refractivity contribution >= 4 is 62.4 Å². The Labute approximate surface area is 234 Å². The Morgan fingerprint density at radius 1 is 0.375 bits per heavy atom. The maximum Gasteiger partial charge on any atom is 0.340 e. The standard InChI is InChI=1S/C37H28N2Si/c1-27-14-13-17-29(26-27)40(28-15-3-2-4-16-28,38-34-22-9-5-18-30(34)31-19-6-10-23-35(31)38)39-36-24-11-7-20-32(36)33-21-8-12-25-37(33)39/h2-26H,1H3. The van der Waals surface area contributed by atoms with E-state index in [0.717, 1.165) is 0 Å². The Kier molecular flexibility index (Phi) is 5.09. The fourth-order valence-electron chi connectivity index (χ4n) is 6.86. The summed E-state index contributed by atoms with van der Waals surface area (Å²) in [5, 5.41) is 7.87. The largest absolute Gasteiger partial charge is 0.342 e. The summed E-state index contributed by atoms with van der Waals surface area (Å²) in [5.41, 5.74) is 6.34. The summed E-state index contributed by atoms with van der Waals surface area (Å²) in [7, 11) is -3.05. The van der Waals surface area contributed by atoms with E-state index in [2.05, 4.69) is 167 Å². The summed E-state index contributed by atoms with van der Waals surface area (Å²) in [6.45, 7) is 2.21. The molecule has 0 atom stereocenters. The number of benzene rings is 6. The van der Waals surface area contributed by atoms with Gasteiger partial charge in [-0.2, -0.15) is 0 Å². The molecule has 40 heavy (non-hydrogen) atoms. The number of fused-ring (bicyclic) bond motifs is 6. The molecule has 0 aliphatic heterocycles. The topological polar surface area (TPSA) is 9.86 Å². The smallest absolute Gasteiger partial charge is 0.340 e. The van der Waals surface area contributed by atoms with Gasteiger partial charge in [-0.05, 0) is 41.6 Å². The van der Waals surface area contributed by atoms with Crippen LogP contribution in [0.2, 0.25) is 0 Å². The monoisotopic (exact) mass is 528 g/mol. The van der Waals surface area contributed by atoms with Gasteiger partial charge in [0.25, 0.3) is 0 Å². The van der Waals surface area contributed by atoms with Gasteiger partial charge in [0, 0.05) is 43.6 Å². The van der Waals surface area contributed by atoms with Gasteiger partial charge in [0.1, 0.15) is 0 Å². The molecule has 3 heteroatoms. The average molecular weight is 529 g/mol. The van der Waals surface area contributed by atoms with Crippen molar-refractivity contribution in [2.45, 2.75) is 6.92 Å². The van der Waals surface area contributed by atoms with Gasteiger partial charge in [0.05, 0.1) is 0 Å². The van der Waals surface area contributed by atoms with Crippen molar-refractivity contribution in [3.05, 3.63) is 157 Å². The first-order valence-electron chi connectivity index (χ1n) is 13.9. The molecule has 0 bridgehead atoms. The predicted molar refractivity (Wildman–Crippen MR) is 172 cm³/mol. The van der Waals surface area contributed by atoms with E-state index in [1.165, 1.54) is 59.5 Å². The second kappa shape index (κ2) is 8.83. The van der Waals surface area contributed by atoms with Gasteiger partial charge in [-0.25, -0.2) is 0 Å². The number of rotatable bonds is 4. The van der Waals surface area contributed by atoms with Gasteiger partial charge in [-0.3, -0.25) is 0 Å². The van der Waals surface area contributed by atoms with Crippen molar-refractivity contribution < 1.29 is 0 Å². The quantitative estimate of drug-likeness (QED) is 0.206. The van der Waals surface area contributed by atoms with Crippen molar-refractivity contribution in [3.63, 3.8) is 0 Å². The molecule has 0 spiro atoms. The first-order valence-corrected chi connectivity index (χ1v) is 15.8. The molecule has 0 amide bonds. The second-order valence-corrected chi connectivity index (χ2v) is 14.0. The highest BCUT2D eigenvalue weighted by atomic mass is 28.3. The maximum absolute atomic E-state index is 3.05. The lowest BCUT2D eigenvalue weighted by Gasteiger charge is -2.38. The molecule has 2 heterocycles. The summed E-state index contributed by atoms with van der Waals surface area (Å²) in [6.07, 6.45) is 0. The van der Waals surface area contributed by atoms with Crippen LogP contribution in [0.1, 0.15) is 5.56 Å². The third kappa shape index (κ3) is 3.10. The summed E-state index contributed by atoms with van der Waals surface area (Å²) in [4.78, 5) is 0. The SMILES string of the molecule is Cc1cccc([Si](c2ccccc2)(n2c3ccccc3c3ccccc32)n2c3ccccc3c3ccccc32)c1. The molecule has 2 nitrogen and oxygen atoms in total. The Morgan fingerprint density at radius 2 is 0.750 bits per heavy atom. The minimum atomic E-state index is -3.05. The van der Waals surface area contributed by atoms with E-state index in [1.54, 1.807) is 0 Å². The molecule has 8 rings (SSSR count). The zero-order valence-electron chi connectivity index (χ0n) is 22.3. The van der Waals surface area contributed by atoms with Crippen molar-refractivity contribution in [2.75, 3.05) is 0 Å². The van der Waals surface area contributed by atoms with E-state index < -0.39 is 8.40 Å². The highest BCUT2D eigenvalue weighted by molar-refractivity contribution is 7.01. The molecule has 0 N–H and O–H groups in total. The van der Waals surface area contributed by atoms with E-state index in [1.807, 2.05) is 0 Å². The highest BCUT2D eigenvalue weighted by Crippen LogP contribution is 2.37. The van der Waals surface area contributed by atoms with E-state index in [-0.39, 0.29) is 0 Å². The normalized spacial score (nSPS) is 12.1. The van der Waals surface area contributed by atoms with E-state index in [9.17, 15) is 0 Å². The van der Waals surface area contributed by atoms with E-state index in [0.29, 0.717) is 0 Å². The van der Waals surface area contributed by atoms with Crippen LogP contribution in [-0.2, 0) is 0 Å². The van der Waals surface area contributed by atoms with Crippen molar-refractivity contribution in [1.82, 2.24) is 8.47 Å². The molecule has 0 radical (unpaired) electrons. The molecule has 0 aliphatic carbocycles. The lowest BCUT2D eigenvalue weighted by atomic mass is 10.2. The van der Waals surface area contributed by atoms with Crippen LogP contribution in [0.4, 0.5) is 0 Å². The maximum atomic E-state index is 2.72. The third-order valence-corrected chi connectivity index (χ3v) is 12.9. The molecule has 0 saturated carbocycles. The van der Waals surface area contributed by atoms with Crippen LogP contribution in [0.5, 0.6) is 0 Å². The van der Waals surface area contributed by atoms with Crippen LogP contribution in [-0.4, -0.2) is 16.9 Å². The highest BCUT2D eigenvalue weighted by Gasteiger charge is 2.47. The molecular formula is C37H28N2Si. The molecule has 190 valence electrons. The number of hydrogen-bond donors (Lipinski definition) is 0. The third-order valence-electron chi connectivity index (χ3n) is 8.40. The first-order chi connectivity index (χ1) is 19.8. The molecule has 0 unspecified atom stereocenters. The average Bonchev–Trinajstić information content (AvgIpc) is 3.53. The number of hydrogen-bond acceptors (Lipinski definition) is 0. The summed E-state index contributed by atoms with van der Waals surface area (Å²) in [6, 6.07) is 56.2. The fourth-order valence-corrected chi connectivity index (χ4v) is 12.0. The molecule has 6 aromatic carbocycles. The Balaban J connectivity index is 1.72. The lowest BCUT2D eigenvalue weighted by molar-refractivity contribution is 1.15. The van der Waals surface area contributed by atoms with Gasteiger partial charge in [-0.15, -0.1) is 0 Å². The molecular weight excluding hydrogens is 501 g/mol. The Bertz CT molecular complexity index is 1970. The lowest BCUT2D eigenvalue weighted by Crippen LogP contribution is -2.69. The van der Waals surface area contributed by atoms with Crippen molar-refractivity contribution in [2.24, 2.45) is 0 Å². The molecule has 0 fully saturated rings. The van der Waals surface area contributed by atoms with Crippen molar-refractivity contribution in [1.29, 1.82) is 0 Å². The van der Waals surface area contributed by atoms with Crippen LogP contribution >= 0.6 is 0 Å². The van der Waals surface area contributed by atoms with E-state index in [4.69, 9.17) is 0 Å². The summed E-state index contributed by atoms with van der Waals surface area (Å²) in [5.74, 6) is 0. The Hall–Kier alpha value is -4.86. The van der Waals surface area contributed by atoms with Gasteiger partial charge >= 0.3 is 8.40 Å². The fraction of sp³-hybridized carbons (Fsp3) is 0.0270. The number of aromatic nitrogens is 2. The number of nitrogens with zero attached hydrogens (tertiary/aromatic N) is 2. The van der Waals surface area contributed by atoms with Crippen LogP contribution < -0.4 is 10.4 Å². The zero-order valence-corrected chi connectivity index (χ0v) is 23.3.